The van der Waals surface area contributed by atoms with Crippen molar-refractivity contribution in [2.24, 2.45) is 0 Å². The summed E-state index contributed by atoms with van der Waals surface area (Å²) in [4.78, 5) is 0. The Morgan fingerprint density at radius 2 is 1.32 bits per heavy atom. The first-order chi connectivity index (χ1) is 9.42. The molecule has 0 unspecified atom stereocenters. The van der Waals surface area contributed by atoms with E-state index in [0.29, 0.717) is 19.8 Å². The number of ether oxygens (including phenoxy) is 1. The molecule has 0 fully saturated rings. The van der Waals surface area contributed by atoms with Gasteiger partial charge in [0, 0.05) is 5.92 Å². The first-order valence-corrected chi connectivity index (χ1v) is 7.40. The van der Waals surface area contributed by atoms with Crippen LogP contribution in [0.2, 0.25) is 0 Å². The Labute approximate surface area is 117 Å². The van der Waals surface area contributed by atoms with Crippen LogP contribution in [0.3, 0.4) is 0 Å². The molecule has 2 aromatic rings. The highest BCUT2D eigenvalue weighted by Gasteiger charge is 2.13. The van der Waals surface area contributed by atoms with Crippen molar-refractivity contribution >= 4 is 10.5 Å². The first-order valence-electron chi connectivity index (χ1n) is 6.58. The van der Waals surface area contributed by atoms with Gasteiger partial charge in [-0.05, 0) is 11.1 Å². The van der Waals surface area contributed by atoms with Crippen LogP contribution < -0.4 is 0 Å². The van der Waals surface area contributed by atoms with Crippen LogP contribution in [-0.4, -0.2) is 30.3 Å². The quantitative estimate of drug-likeness (QED) is 0.568. The maximum absolute atomic E-state index is 5.74. The molecule has 0 aliphatic carbocycles. The van der Waals surface area contributed by atoms with Gasteiger partial charge >= 0.3 is 0 Å². The normalized spacial score (nSPS) is 11.0. The molecule has 0 spiro atoms. The summed E-state index contributed by atoms with van der Waals surface area (Å²) in [7, 11) is 0.774. The van der Waals surface area contributed by atoms with Gasteiger partial charge in [0.25, 0.3) is 0 Å². The van der Waals surface area contributed by atoms with E-state index in [1.807, 2.05) is 12.1 Å². The van der Waals surface area contributed by atoms with Crippen molar-refractivity contribution in [3.63, 3.8) is 0 Å². The molecule has 0 heterocycles. The molecule has 0 bridgehead atoms. The van der Waals surface area contributed by atoms with Crippen molar-refractivity contribution in [1.82, 2.24) is 0 Å². The Morgan fingerprint density at radius 3 is 1.79 bits per heavy atom. The Balaban J connectivity index is 2.10. The number of hydrogen-bond acceptors (Lipinski definition) is 2. The second-order valence-corrected chi connectivity index (χ2v) is 5.02. The summed E-state index contributed by atoms with van der Waals surface area (Å²) in [5.74, 6) is 0.288. The highest BCUT2D eigenvalue weighted by Crippen LogP contribution is 2.24. The fraction of sp³-hybridized carbons (Fsp3) is 0.250. The summed E-state index contributed by atoms with van der Waals surface area (Å²) in [6, 6.07) is 21.0. The van der Waals surface area contributed by atoms with E-state index in [0.717, 1.165) is 10.5 Å². The summed E-state index contributed by atoms with van der Waals surface area (Å²) >= 11 is 0. The fourth-order valence-corrected chi connectivity index (χ4v) is 2.27. The largest absolute Gasteiger partial charge is 0.426 e. The maximum Gasteiger partial charge on any atom is 0.146 e. The molecule has 0 aliphatic heterocycles. The maximum atomic E-state index is 5.74. The standard InChI is InChI=1S/C16H20O2Si/c19-18-12-11-17-13-16(14-7-3-1-4-8-14)15-9-5-2-6-10-15/h1-10,16H,11-13H2,19H3. The van der Waals surface area contributed by atoms with Crippen molar-refractivity contribution in [2.45, 2.75) is 5.92 Å². The molecule has 0 saturated carbocycles. The van der Waals surface area contributed by atoms with E-state index in [9.17, 15) is 0 Å². The summed E-state index contributed by atoms with van der Waals surface area (Å²) in [6.45, 7) is 2.06. The van der Waals surface area contributed by atoms with E-state index in [2.05, 4.69) is 48.5 Å². The van der Waals surface area contributed by atoms with Gasteiger partial charge in [0.15, 0.2) is 0 Å². The third kappa shape index (κ3) is 4.31. The molecule has 0 radical (unpaired) electrons. The molecule has 100 valence electrons. The minimum atomic E-state index is 0.288. The summed E-state index contributed by atoms with van der Waals surface area (Å²) < 4.78 is 10.9. The highest BCUT2D eigenvalue weighted by atomic mass is 28.2. The van der Waals surface area contributed by atoms with Crippen LogP contribution in [0.25, 0.3) is 0 Å². The minimum Gasteiger partial charge on any atom is -0.426 e. The average Bonchev–Trinajstić information content (AvgIpc) is 2.49. The van der Waals surface area contributed by atoms with Crippen molar-refractivity contribution in [3.05, 3.63) is 71.8 Å². The summed E-state index contributed by atoms with van der Waals surface area (Å²) in [5, 5.41) is 0. The molecule has 3 heteroatoms. The number of hydrogen-bond donors (Lipinski definition) is 0. The van der Waals surface area contributed by atoms with Gasteiger partial charge in [0.05, 0.1) is 19.8 Å². The third-order valence-electron chi connectivity index (χ3n) is 3.12. The van der Waals surface area contributed by atoms with Crippen molar-refractivity contribution in [1.29, 1.82) is 0 Å². The second kappa shape index (κ2) is 7.89. The van der Waals surface area contributed by atoms with E-state index in [1.165, 1.54) is 11.1 Å². The van der Waals surface area contributed by atoms with E-state index < -0.39 is 0 Å². The van der Waals surface area contributed by atoms with Gasteiger partial charge < -0.3 is 9.16 Å². The lowest BCUT2D eigenvalue weighted by molar-refractivity contribution is 0.0981. The van der Waals surface area contributed by atoms with Crippen LogP contribution in [0, 0.1) is 0 Å². The van der Waals surface area contributed by atoms with Gasteiger partial charge in [-0.1, -0.05) is 60.7 Å². The van der Waals surface area contributed by atoms with E-state index in [4.69, 9.17) is 9.16 Å². The SMILES string of the molecule is [SiH3]OCCOCC(c1ccccc1)c1ccccc1. The smallest absolute Gasteiger partial charge is 0.146 e. The second-order valence-electron chi connectivity index (χ2n) is 4.44. The lowest BCUT2D eigenvalue weighted by Gasteiger charge is -2.18. The van der Waals surface area contributed by atoms with Crippen LogP contribution >= 0.6 is 0 Å². The van der Waals surface area contributed by atoms with Gasteiger partial charge in [0.2, 0.25) is 0 Å². The zero-order valence-electron chi connectivity index (χ0n) is 11.3. The molecule has 2 rings (SSSR count). The van der Waals surface area contributed by atoms with Crippen molar-refractivity contribution in [2.75, 3.05) is 19.8 Å². The third-order valence-corrected chi connectivity index (χ3v) is 3.53. The topological polar surface area (TPSA) is 18.5 Å². The molecular weight excluding hydrogens is 252 g/mol. The molecular formula is C16H20O2Si. The van der Waals surface area contributed by atoms with Gasteiger partial charge in [0.1, 0.15) is 10.5 Å². The van der Waals surface area contributed by atoms with Gasteiger partial charge in [-0.3, -0.25) is 0 Å². The van der Waals surface area contributed by atoms with Crippen molar-refractivity contribution in [3.8, 4) is 0 Å². The molecule has 0 amide bonds. The van der Waals surface area contributed by atoms with E-state index in [-0.39, 0.29) is 5.92 Å². The van der Waals surface area contributed by atoms with Crippen LogP contribution in [0.4, 0.5) is 0 Å². The Kier molecular flexibility index (Phi) is 5.81. The van der Waals surface area contributed by atoms with Crippen LogP contribution in [0.1, 0.15) is 17.0 Å². The zero-order chi connectivity index (χ0) is 13.3. The molecule has 0 atom stereocenters. The molecule has 0 aliphatic rings. The fourth-order valence-electron chi connectivity index (χ4n) is 2.10. The number of rotatable bonds is 7. The highest BCUT2D eigenvalue weighted by molar-refractivity contribution is 5.97. The predicted molar refractivity (Wildman–Crippen MR) is 81.4 cm³/mol. The lowest BCUT2D eigenvalue weighted by atomic mass is 9.92. The van der Waals surface area contributed by atoms with Crippen LogP contribution in [0.15, 0.2) is 60.7 Å². The Bertz CT molecular complexity index is 419. The van der Waals surface area contributed by atoms with E-state index in [1.54, 1.807) is 0 Å². The first kappa shape index (κ1) is 14.0. The zero-order valence-corrected chi connectivity index (χ0v) is 13.3. The van der Waals surface area contributed by atoms with Gasteiger partial charge in [-0.25, -0.2) is 0 Å². The lowest BCUT2D eigenvalue weighted by Crippen LogP contribution is -2.12. The summed E-state index contributed by atoms with van der Waals surface area (Å²) in [6.07, 6.45) is 0. The van der Waals surface area contributed by atoms with Crippen molar-refractivity contribution < 1.29 is 9.16 Å². The molecule has 0 saturated heterocycles. The minimum absolute atomic E-state index is 0.288. The summed E-state index contributed by atoms with van der Waals surface area (Å²) in [5.41, 5.74) is 2.58. The molecule has 0 aromatic heterocycles. The monoisotopic (exact) mass is 272 g/mol. The molecule has 2 nitrogen and oxygen atoms in total. The molecule has 0 N–H and O–H groups in total. The van der Waals surface area contributed by atoms with Gasteiger partial charge in [-0.2, -0.15) is 0 Å². The molecule has 19 heavy (non-hydrogen) atoms. The average molecular weight is 272 g/mol. The Hall–Kier alpha value is -1.42. The van der Waals surface area contributed by atoms with E-state index >= 15 is 0 Å². The predicted octanol–water partition coefficient (Wildman–Crippen LogP) is 2.13. The van der Waals surface area contributed by atoms with Crippen LogP contribution in [0.5, 0.6) is 0 Å². The van der Waals surface area contributed by atoms with Crippen LogP contribution in [-0.2, 0) is 9.16 Å². The van der Waals surface area contributed by atoms with Gasteiger partial charge in [-0.15, -0.1) is 0 Å². The Morgan fingerprint density at radius 1 is 0.789 bits per heavy atom. The number of benzene rings is 2. The molecule has 2 aromatic carbocycles.